The summed E-state index contributed by atoms with van der Waals surface area (Å²) < 4.78 is 23.8. The normalized spacial score (nSPS) is 15.2. The van der Waals surface area contributed by atoms with Crippen molar-refractivity contribution in [3.8, 4) is 11.1 Å². The summed E-state index contributed by atoms with van der Waals surface area (Å²) in [7, 11) is 4.46. The molecule has 3 fully saturated rings. The van der Waals surface area contributed by atoms with Gasteiger partial charge in [-0.2, -0.15) is 10.2 Å². The number of carbonyl (C=O) groups is 7. The Bertz CT molecular complexity index is 3270. The number of amides is 6. The number of fused-ring (bicyclic) bond motifs is 2. The third-order valence-electron chi connectivity index (χ3n) is 15.5. The van der Waals surface area contributed by atoms with Crippen LogP contribution in [-0.2, 0) is 47.1 Å². The molecular formula is C57H69FN14O8. The van der Waals surface area contributed by atoms with Gasteiger partial charge in [0, 0.05) is 107 Å². The van der Waals surface area contributed by atoms with Gasteiger partial charge in [-0.1, -0.05) is 24.3 Å². The molecule has 3 saturated heterocycles. The Labute approximate surface area is 462 Å². The second-order valence-electron chi connectivity index (χ2n) is 20.9. The molecule has 422 valence electrons. The average Bonchev–Trinajstić information content (AvgIpc) is 4.05. The van der Waals surface area contributed by atoms with Gasteiger partial charge in [-0.05, 0) is 98.7 Å². The molecule has 0 spiro atoms. The van der Waals surface area contributed by atoms with Crippen LogP contribution in [0.2, 0.25) is 0 Å². The number of ether oxygens (including phenoxy) is 1. The van der Waals surface area contributed by atoms with Crippen molar-refractivity contribution in [1.82, 2.24) is 54.9 Å². The molecule has 6 amide bonds. The standard InChI is InChI=1S/C57H69FN14O8/c1-67(34-48(74)61-33-52(78)80-3)51(77)35-72-44-10-7-9-41(42-30-45-39(29-43(42)58)31-63-68(45)2)53(44)54(66-72)38-20-27-71(28-21-38)50(76)17-16-47(73)60-22-8-11-49(75)70-25-18-37(19-26-70)36-12-14-40(15-13-36)64-57-55(56(59)79)62-32-46(65-57)69-23-5-4-6-24-69/h7,9-10,12-15,29-32,37-38H,4-6,8,11,16-28,33-35H2,1-3H3,(H2,59,79)(H,60,73)(H,61,74)(H,64,65). The lowest BCUT2D eigenvalue weighted by atomic mass is 9.88. The molecule has 0 radical (unpaired) electrons. The summed E-state index contributed by atoms with van der Waals surface area (Å²) in [5, 5.41) is 19.1. The molecule has 0 unspecified atom stereocenters. The van der Waals surface area contributed by atoms with E-state index in [0.29, 0.717) is 103 Å². The monoisotopic (exact) mass is 1100 g/mol. The number of rotatable bonds is 20. The van der Waals surface area contributed by atoms with Crippen molar-refractivity contribution in [2.24, 2.45) is 12.8 Å². The second-order valence-corrected chi connectivity index (χ2v) is 20.9. The fraction of sp³-hybridized carbons (Fsp3) is 0.456. The second kappa shape index (κ2) is 25.5. The summed E-state index contributed by atoms with van der Waals surface area (Å²) in [6, 6.07) is 16.6. The van der Waals surface area contributed by atoms with E-state index in [1.165, 1.54) is 31.5 Å². The predicted octanol–water partition coefficient (Wildman–Crippen LogP) is 4.89. The van der Waals surface area contributed by atoms with Crippen LogP contribution < -0.4 is 26.6 Å². The number of carbonyl (C=O) groups excluding carboxylic acids is 7. The maximum atomic E-state index is 16.0. The van der Waals surface area contributed by atoms with Crippen LogP contribution in [0.15, 0.2) is 67.0 Å². The Morgan fingerprint density at radius 3 is 2.19 bits per heavy atom. The summed E-state index contributed by atoms with van der Waals surface area (Å²) >= 11 is 0. The molecule has 9 rings (SSSR count). The third kappa shape index (κ3) is 13.3. The van der Waals surface area contributed by atoms with Crippen molar-refractivity contribution in [3.63, 3.8) is 0 Å². The van der Waals surface area contributed by atoms with Gasteiger partial charge in [0.2, 0.25) is 29.5 Å². The van der Waals surface area contributed by atoms with E-state index >= 15 is 4.39 Å². The van der Waals surface area contributed by atoms with Gasteiger partial charge in [0.05, 0.1) is 42.8 Å². The van der Waals surface area contributed by atoms with Crippen LogP contribution >= 0.6 is 0 Å². The molecule has 0 bridgehead atoms. The zero-order chi connectivity index (χ0) is 56.5. The maximum Gasteiger partial charge on any atom is 0.325 e. The Balaban J connectivity index is 0.730. The minimum atomic E-state index is -0.655. The first-order chi connectivity index (χ1) is 38.6. The van der Waals surface area contributed by atoms with Crippen LogP contribution in [0.3, 0.4) is 0 Å². The number of hydrogen-bond acceptors (Lipinski definition) is 14. The predicted molar refractivity (Wildman–Crippen MR) is 297 cm³/mol. The van der Waals surface area contributed by atoms with E-state index < -0.39 is 29.5 Å². The van der Waals surface area contributed by atoms with Crippen molar-refractivity contribution in [1.29, 1.82) is 0 Å². The highest BCUT2D eigenvalue weighted by Gasteiger charge is 2.31. The molecule has 6 aromatic rings. The van der Waals surface area contributed by atoms with Crippen molar-refractivity contribution in [3.05, 3.63) is 89.8 Å². The minimum absolute atomic E-state index is 0.00604. The van der Waals surface area contributed by atoms with E-state index in [-0.39, 0.29) is 67.7 Å². The van der Waals surface area contributed by atoms with E-state index in [0.717, 1.165) is 55.5 Å². The van der Waals surface area contributed by atoms with Crippen molar-refractivity contribution >= 4 is 80.5 Å². The lowest BCUT2D eigenvalue weighted by Crippen LogP contribution is -2.41. The number of nitrogens with two attached hydrogens (primary N) is 1. The number of hydrogen-bond donors (Lipinski definition) is 4. The van der Waals surface area contributed by atoms with Gasteiger partial charge in [0.1, 0.15) is 24.7 Å². The van der Waals surface area contributed by atoms with Gasteiger partial charge in [0.25, 0.3) is 5.91 Å². The molecule has 23 heteroatoms. The molecule has 3 aliphatic rings. The van der Waals surface area contributed by atoms with Crippen LogP contribution in [0, 0.1) is 5.82 Å². The van der Waals surface area contributed by atoms with Gasteiger partial charge in [-0.3, -0.25) is 42.9 Å². The summed E-state index contributed by atoms with van der Waals surface area (Å²) in [4.78, 5) is 106. The summed E-state index contributed by atoms with van der Waals surface area (Å²) in [5.41, 5.74) is 10.5. The number of primary amides is 1. The van der Waals surface area contributed by atoms with Crippen LogP contribution in [0.1, 0.15) is 104 Å². The van der Waals surface area contributed by atoms with Gasteiger partial charge in [-0.15, -0.1) is 0 Å². The highest BCUT2D eigenvalue weighted by molar-refractivity contribution is 6.00. The number of aryl methyl sites for hydroxylation is 1. The quantitative estimate of drug-likeness (QED) is 0.0586. The SMILES string of the molecule is COC(=O)CNC(=O)CN(C)C(=O)Cn1nc(C2CCN(C(=O)CCC(=O)NCCCC(=O)N3CCC(c4ccc(Nc5nc(N6CCCCC6)cnc5C(N)=O)cc4)CC3)CC2)c2c(-c3cc4c(cnn4C)cc3F)cccc21. The minimum Gasteiger partial charge on any atom is -0.468 e. The largest absolute Gasteiger partial charge is 0.468 e. The maximum absolute atomic E-state index is 16.0. The Hall–Kier alpha value is -8.50. The zero-order valence-electron chi connectivity index (χ0n) is 45.5. The van der Waals surface area contributed by atoms with Crippen LogP contribution in [-0.4, -0.2) is 159 Å². The number of nitrogens with one attached hydrogen (secondary N) is 3. The topological polar surface area (TPSA) is 265 Å². The molecule has 80 heavy (non-hydrogen) atoms. The molecule has 0 atom stereocenters. The molecule has 6 heterocycles. The number of likely N-dealkylation sites (N-methyl/N-ethyl adjacent to an activating group) is 1. The van der Waals surface area contributed by atoms with Gasteiger partial charge < -0.3 is 46.0 Å². The number of methoxy groups -OCH3 is 1. The zero-order valence-corrected chi connectivity index (χ0v) is 45.5. The highest BCUT2D eigenvalue weighted by Crippen LogP contribution is 2.40. The first kappa shape index (κ1) is 56.2. The van der Waals surface area contributed by atoms with E-state index in [2.05, 4.69) is 47.8 Å². The smallest absolute Gasteiger partial charge is 0.325 e. The van der Waals surface area contributed by atoms with E-state index in [9.17, 15) is 33.6 Å². The first-order valence-corrected chi connectivity index (χ1v) is 27.4. The Kier molecular flexibility index (Phi) is 17.9. The lowest BCUT2D eigenvalue weighted by molar-refractivity contribution is -0.141. The molecule has 3 aromatic heterocycles. The van der Waals surface area contributed by atoms with Crippen LogP contribution in [0.25, 0.3) is 32.9 Å². The number of halogens is 1. The fourth-order valence-corrected chi connectivity index (χ4v) is 11.0. The van der Waals surface area contributed by atoms with Gasteiger partial charge in [0.15, 0.2) is 11.5 Å². The number of likely N-dealkylation sites (tertiary alicyclic amines) is 2. The van der Waals surface area contributed by atoms with Crippen molar-refractivity contribution in [2.75, 3.05) is 83.3 Å². The molecule has 0 aliphatic carbocycles. The first-order valence-electron chi connectivity index (χ1n) is 27.4. The average molecular weight is 1100 g/mol. The number of benzene rings is 3. The number of nitrogens with zero attached hydrogens (tertiary/aromatic N) is 10. The van der Waals surface area contributed by atoms with Crippen molar-refractivity contribution in [2.45, 2.75) is 89.0 Å². The summed E-state index contributed by atoms with van der Waals surface area (Å²) in [6.07, 6.45) is 10.0. The van der Waals surface area contributed by atoms with Crippen molar-refractivity contribution < 1.29 is 42.7 Å². The van der Waals surface area contributed by atoms with E-state index in [1.54, 1.807) is 45.8 Å². The lowest BCUT2D eigenvalue weighted by Gasteiger charge is -2.32. The van der Waals surface area contributed by atoms with Gasteiger partial charge in [-0.25, -0.2) is 14.4 Å². The summed E-state index contributed by atoms with van der Waals surface area (Å²) in [5.74, 6) is -1.92. The number of esters is 1. The molecule has 3 aliphatic heterocycles. The fourth-order valence-electron chi connectivity index (χ4n) is 11.0. The Morgan fingerprint density at radius 1 is 0.787 bits per heavy atom. The van der Waals surface area contributed by atoms with E-state index in [1.807, 2.05) is 29.2 Å². The number of piperidine rings is 3. The Morgan fingerprint density at radius 2 is 1.49 bits per heavy atom. The molecule has 3 aromatic carbocycles. The highest BCUT2D eigenvalue weighted by atomic mass is 19.1. The van der Waals surface area contributed by atoms with Crippen LogP contribution in [0.5, 0.6) is 0 Å². The molecular weight excluding hydrogens is 1030 g/mol. The molecule has 22 nitrogen and oxygen atoms in total. The number of aromatic nitrogens is 6. The van der Waals surface area contributed by atoms with E-state index in [4.69, 9.17) is 15.8 Å². The molecule has 0 saturated carbocycles. The molecule has 5 N–H and O–H groups in total. The number of anilines is 3. The van der Waals surface area contributed by atoms with Crippen LogP contribution in [0.4, 0.5) is 21.7 Å². The van der Waals surface area contributed by atoms with Gasteiger partial charge >= 0.3 is 5.97 Å². The third-order valence-corrected chi connectivity index (χ3v) is 15.5. The summed E-state index contributed by atoms with van der Waals surface area (Å²) in [6.45, 7) is 3.27.